The molecule has 110 valence electrons. The molecule has 0 aromatic carbocycles. The number of hydrogen-bond acceptors (Lipinski definition) is 3. The first-order valence-electron chi connectivity index (χ1n) is 7.70. The molecule has 2 unspecified atom stereocenters. The Morgan fingerprint density at radius 3 is 2.85 bits per heavy atom. The molecule has 2 heterocycles. The number of halogens is 1. The Morgan fingerprint density at radius 1 is 1.45 bits per heavy atom. The highest BCUT2D eigenvalue weighted by Crippen LogP contribution is 2.44. The predicted molar refractivity (Wildman–Crippen MR) is 85.6 cm³/mol. The highest BCUT2D eigenvalue weighted by molar-refractivity contribution is 9.10. The first kappa shape index (κ1) is 14.5. The van der Waals surface area contributed by atoms with E-state index in [0.717, 1.165) is 30.0 Å². The van der Waals surface area contributed by atoms with Crippen LogP contribution in [0.15, 0.2) is 22.8 Å². The lowest BCUT2D eigenvalue weighted by Crippen LogP contribution is -2.63. The summed E-state index contributed by atoms with van der Waals surface area (Å²) in [5.41, 5.74) is 1.48. The molecule has 2 aliphatic rings. The van der Waals surface area contributed by atoms with E-state index in [9.17, 15) is 0 Å². The van der Waals surface area contributed by atoms with Gasteiger partial charge in [0.05, 0.1) is 5.69 Å². The number of nitrogens with one attached hydrogen (secondary N) is 1. The zero-order chi connectivity index (χ0) is 14.2. The van der Waals surface area contributed by atoms with E-state index in [4.69, 9.17) is 0 Å². The molecular formula is C16H24BrN3. The summed E-state index contributed by atoms with van der Waals surface area (Å²) >= 11 is 3.46. The van der Waals surface area contributed by atoms with Gasteiger partial charge in [-0.1, -0.05) is 6.92 Å². The SMILES string of the molecule is CCC1CN(Cc2ccc(Br)cn2)C(C)(C2CC2)CN1. The lowest BCUT2D eigenvalue weighted by Gasteiger charge is -2.48. The molecule has 1 saturated heterocycles. The van der Waals surface area contributed by atoms with Gasteiger partial charge in [-0.25, -0.2) is 0 Å². The minimum absolute atomic E-state index is 0.306. The first-order valence-corrected chi connectivity index (χ1v) is 8.50. The van der Waals surface area contributed by atoms with Gasteiger partial charge in [-0.2, -0.15) is 0 Å². The first-order chi connectivity index (χ1) is 9.61. The van der Waals surface area contributed by atoms with Crippen LogP contribution in [0.25, 0.3) is 0 Å². The third-order valence-corrected chi connectivity index (χ3v) is 5.47. The molecule has 1 aliphatic heterocycles. The van der Waals surface area contributed by atoms with Gasteiger partial charge < -0.3 is 5.32 Å². The number of pyridine rings is 1. The van der Waals surface area contributed by atoms with E-state index in [-0.39, 0.29) is 0 Å². The van der Waals surface area contributed by atoms with Crippen LogP contribution < -0.4 is 5.32 Å². The van der Waals surface area contributed by atoms with Crippen LogP contribution in [0.2, 0.25) is 0 Å². The Morgan fingerprint density at radius 2 is 2.25 bits per heavy atom. The zero-order valence-electron chi connectivity index (χ0n) is 12.4. The van der Waals surface area contributed by atoms with Crippen molar-refractivity contribution in [3.63, 3.8) is 0 Å². The van der Waals surface area contributed by atoms with Crippen LogP contribution >= 0.6 is 15.9 Å². The lowest BCUT2D eigenvalue weighted by atomic mass is 9.89. The number of aromatic nitrogens is 1. The summed E-state index contributed by atoms with van der Waals surface area (Å²) in [4.78, 5) is 7.23. The van der Waals surface area contributed by atoms with Crippen LogP contribution in [-0.4, -0.2) is 34.6 Å². The summed E-state index contributed by atoms with van der Waals surface area (Å²) in [5.74, 6) is 0.864. The van der Waals surface area contributed by atoms with Gasteiger partial charge in [0.1, 0.15) is 0 Å². The van der Waals surface area contributed by atoms with E-state index >= 15 is 0 Å². The maximum atomic E-state index is 4.56. The highest BCUT2D eigenvalue weighted by atomic mass is 79.9. The van der Waals surface area contributed by atoms with E-state index in [2.05, 4.69) is 57.1 Å². The fourth-order valence-electron chi connectivity index (χ4n) is 3.32. The monoisotopic (exact) mass is 337 g/mol. The molecule has 1 aromatic heterocycles. The zero-order valence-corrected chi connectivity index (χ0v) is 14.0. The normalized spacial score (nSPS) is 31.4. The minimum atomic E-state index is 0.306. The van der Waals surface area contributed by atoms with Crippen molar-refractivity contribution in [3.05, 3.63) is 28.5 Å². The van der Waals surface area contributed by atoms with Gasteiger partial charge in [-0.15, -0.1) is 0 Å². The summed E-state index contributed by atoms with van der Waals surface area (Å²) in [5, 5.41) is 3.74. The van der Waals surface area contributed by atoms with Crippen LogP contribution in [0.1, 0.15) is 38.8 Å². The summed E-state index contributed by atoms with van der Waals surface area (Å²) in [6.45, 7) is 7.93. The summed E-state index contributed by atoms with van der Waals surface area (Å²) in [7, 11) is 0. The molecule has 3 nitrogen and oxygen atoms in total. The van der Waals surface area contributed by atoms with Crippen molar-refractivity contribution in [2.75, 3.05) is 13.1 Å². The van der Waals surface area contributed by atoms with E-state index in [1.54, 1.807) is 0 Å². The molecule has 3 rings (SSSR count). The number of piperazine rings is 1. The molecule has 0 amide bonds. The molecule has 2 fully saturated rings. The molecule has 1 saturated carbocycles. The Bertz CT molecular complexity index is 457. The number of nitrogens with zero attached hydrogens (tertiary/aromatic N) is 2. The maximum Gasteiger partial charge on any atom is 0.0545 e. The second kappa shape index (κ2) is 5.74. The van der Waals surface area contributed by atoms with Gasteiger partial charge in [-0.3, -0.25) is 9.88 Å². The van der Waals surface area contributed by atoms with Gasteiger partial charge in [0.2, 0.25) is 0 Å². The fourth-order valence-corrected chi connectivity index (χ4v) is 3.56. The van der Waals surface area contributed by atoms with E-state index in [1.165, 1.54) is 25.0 Å². The molecule has 1 aromatic rings. The quantitative estimate of drug-likeness (QED) is 0.914. The molecule has 20 heavy (non-hydrogen) atoms. The Kier molecular flexibility index (Phi) is 4.16. The third kappa shape index (κ3) is 2.92. The Hall–Kier alpha value is -0.450. The summed E-state index contributed by atoms with van der Waals surface area (Å²) in [6.07, 6.45) is 5.88. The van der Waals surface area contributed by atoms with E-state index in [1.807, 2.05) is 6.20 Å². The van der Waals surface area contributed by atoms with Crippen LogP contribution in [0, 0.1) is 5.92 Å². The predicted octanol–water partition coefficient (Wildman–Crippen LogP) is 3.20. The standard InChI is InChI=1S/C16H24BrN3/c1-3-14-9-20(10-15-7-6-13(17)8-18-15)16(2,11-19-14)12-4-5-12/h6-8,12,14,19H,3-5,9-11H2,1-2H3. The van der Waals surface area contributed by atoms with Crippen LogP contribution in [0.3, 0.4) is 0 Å². The molecule has 1 aliphatic carbocycles. The van der Waals surface area contributed by atoms with Crippen LogP contribution in [0.5, 0.6) is 0 Å². The number of hydrogen-bond donors (Lipinski definition) is 1. The van der Waals surface area contributed by atoms with E-state index < -0.39 is 0 Å². The van der Waals surface area contributed by atoms with E-state index in [0.29, 0.717) is 11.6 Å². The maximum absolute atomic E-state index is 4.56. The fraction of sp³-hybridized carbons (Fsp3) is 0.688. The molecule has 1 N–H and O–H groups in total. The molecule has 0 radical (unpaired) electrons. The van der Waals surface area contributed by atoms with Gasteiger partial charge in [0.15, 0.2) is 0 Å². The number of rotatable bonds is 4. The van der Waals surface area contributed by atoms with Crippen LogP contribution in [0.4, 0.5) is 0 Å². The molecular weight excluding hydrogens is 314 g/mol. The van der Waals surface area contributed by atoms with Crippen LogP contribution in [-0.2, 0) is 6.54 Å². The molecule has 2 atom stereocenters. The topological polar surface area (TPSA) is 28.2 Å². The minimum Gasteiger partial charge on any atom is -0.311 e. The summed E-state index contributed by atoms with van der Waals surface area (Å²) in [6, 6.07) is 4.86. The van der Waals surface area contributed by atoms with Crippen molar-refractivity contribution in [3.8, 4) is 0 Å². The second-order valence-corrected chi connectivity index (χ2v) is 7.38. The molecule has 0 bridgehead atoms. The van der Waals surface area contributed by atoms with Crippen molar-refractivity contribution in [2.24, 2.45) is 5.92 Å². The smallest absolute Gasteiger partial charge is 0.0545 e. The molecule has 4 heteroatoms. The second-order valence-electron chi connectivity index (χ2n) is 6.47. The summed E-state index contributed by atoms with van der Waals surface area (Å²) < 4.78 is 1.05. The third-order valence-electron chi connectivity index (χ3n) is 5.00. The lowest BCUT2D eigenvalue weighted by molar-refractivity contribution is 0.0260. The van der Waals surface area contributed by atoms with Crippen molar-refractivity contribution >= 4 is 15.9 Å². The Labute approximate surface area is 130 Å². The van der Waals surface area contributed by atoms with Gasteiger partial charge >= 0.3 is 0 Å². The average molecular weight is 338 g/mol. The van der Waals surface area contributed by atoms with Gasteiger partial charge in [-0.05, 0) is 60.2 Å². The van der Waals surface area contributed by atoms with Crippen molar-refractivity contribution in [1.29, 1.82) is 0 Å². The highest BCUT2D eigenvalue weighted by Gasteiger charge is 2.47. The average Bonchev–Trinajstić information content (AvgIpc) is 3.28. The largest absolute Gasteiger partial charge is 0.311 e. The Balaban J connectivity index is 1.76. The van der Waals surface area contributed by atoms with Gasteiger partial charge in [0, 0.05) is 41.9 Å². The van der Waals surface area contributed by atoms with Crippen molar-refractivity contribution in [2.45, 2.75) is 51.2 Å². The van der Waals surface area contributed by atoms with Gasteiger partial charge in [0.25, 0.3) is 0 Å². The van der Waals surface area contributed by atoms with Crippen molar-refractivity contribution < 1.29 is 0 Å². The molecule has 0 spiro atoms. The van der Waals surface area contributed by atoms with Crippen molar-refractivity contribution in [1.82, 2.24) is 15.2 Å².